The topological polar surface area (TPSA) is 75.3 Å². The highest BCUT2D eigenvalue weighted by Gasteiger charge is 2.53. The van der Waals surface area contributed by atoms with Gasteiger partial charge in [0.1, 0.15) is 23.0 Å². The summed E-state index contributed by atoms with van der Waals surface area (Å²) in [5.74, 6) is -7.03. The molecule has 2 aromatic carbocycles. The Labute approximate surface area is 189 Å². The van der Waals surface area contributed by atoms with Gasteiger partial charge in [-0.25, -0.2) is 13.2 Å². The Hall–Kier alpha value is -3.16. The summed E-state index contributed by atoms with van der Waals surface area (Å²) in [6, 6.07) is 8.36. The third-order valence-corrected chi connectivity index (χ3v) is 6.62. The second-order valence-corrected chi connectivity index (χ2v) is 9.09. The number of hydrogen-bond donors (Lipinski definition) is 2. The van der Waals surface area contributed by atoms with Crippen LogP contribution in [0.4, 0.5) is 18.9 Å². The van der Waals surface area contributed by atoms with E-state index in [2.05, 4.69) is 10.6 Å². The Kier molecular flexibility index (Phi) is 6.28. The molecule has 1 aliphatic heterocycles. The Balaban J connectivity index is 1.46. The fraction of sp³-hybridized carbons (Fsp3) is 0.400. The van der Waals surface area contributed by atoms with E-state index >= 15 is 0 Å². The van der Waals surface area contributed by atoms with E-state index in [1.807, 2.05) is 12.1 Å². The summed E-state index contributed by atoms with van der Waals surface area (Å²) in [5, 5.41) is 4.98. The van der Waals surface area contributed by atoms with Crippen molar-refractivity contribution >= 4 is 23.3 Å². The predicted molar refractivity (Wildman–Crippen MR) is 116 cm³/mol. The van der Waals surface area contributed by atoms with Gasteiger partial charge >= 0.3 is 0 Å². The van der Waals surface area contributed by atoms with E-state index in [1.165, 1.54) is 31.7 Å². The molecule has 8 heteroatoms. The number of Topliss-reactive ketones (excluding diaryl/α,β-unsaturated/α-hetero) is 1. The van der Waals surface area contributed by atoms with Gasteiger partial charge in [-0.15, -0.1) is 0 Å². The number of hydrogen-bond acceptors (Lipinski definition) is 3. The first kappa shape index (κ1) is 23.0. The fourth-order valence-corrected chi connectivity index (χ4v) is 4.80. The number of benzene rings is 2. The number of rotatable bonds is 5. The molecule has 0 bridgehead atoms. The smallest absolute Gasteiger partial charge is 0.244 e. The molecule has 2 aromatic rings. The molecule has 174 valence electrons. The summed E-state index contributed by atoms with van der Waals surface area (Å²) in [4.78, 5) is 38.2. The predicted octanol–water partition coefficient (Wildman–Crippen LogP) is 4.41. The van der Waals surface area contributed by atoms with Gasteiger partial charge in [0, 0.05) is 29.8 Å². The lowest BCUT2D eigenvalue weighted by Gasteiger charge is -2.23. The van der Waals surface area contributed by atoms with Crippen molar-refractivity contribution in [3.63, 3.8) is 0 Å². The molecule has 0 radical (unpaired) electrons. The largest absolute Gasteiger partial charge is 0.342 e. The minimum atomic E-state index is -1.70. The zero-order valence-corrected chi connectivity index (χ0v) is 18.2. The van der Waals surface area contributed by atoms with Crippen molar-refractivity contribution in [2.45, 2.75) is 56.9 Å². The van der Waals surface area contributed by atoms with Crippen LogP contribution >= 0.6 is 0 Å². The molecular formula is C25H25F3N2O3. The molecule has 2 N–H and O–H groups in total. The van der Waals surface area contributed by atoms with Gasteiger partial charge in [-0.05, 0) is 43.4 Å². The van der Waals surface area contributed by atoms with Crippen molar-refractivity contribution < 1.29 is 27.6 Å². The molecule has 0 aromatic heterocycles. The number of carbonyl (C=O) groups is 3. The lowest BCUT2D eigenvalue weighted by molar-refractivity contribution is -0.135. The van der Waals surface area contributed by atoms with Crippen LogP contribution in [0.3, 0.4) is 0 Å². The Morgan fingerprint density at radius 3 is 2.24 bits per heavy atom. The third-order valence-electron chi connectivity index (χ3n) is 6.62. The highest BCUT2D eigenvalue weighted by molar-refractivity contribution is 6.27. The Morgan fingerprint density at radius 1 is 1.03 bits per heavy atom. The number of nitrogens with one attached hydrogen (secondary N) is 2. The zero-order chi connectivity index (χ0) is 23.8. The molecule has 4 rings (SSSR count). The van der Waals surface area contributed by atoms with E-state index in [9.17, 15) is 27.6 Å². The van der Waals surface area contributed by atoms with Crippen LogP contribution < -0.4 is 10.6 Å². The van der Waals surface area contributed by atoms with Crippen molar-refractivity contribution in [1.82, 2.24) is 5.32 Å². The minimum Gasteiger partial charge on any atom is -0.342 e. The minimum absolute atomic E-state index is 0.449. The van der Waals surface area contributed by atoms with Gasteiger partial charge in [-0.3, -0.25) is 14.4 Å². The van der Waals surface area contributed by atoms with Crippen LogP contribution in [0.15, 0.2) is 36.4 Å². The van der Waals surface area contributed by atoms with Gasteiger partial charge < -0.3 is 10.6 Å². The summed E-state index contributed by atoms with van der Waals surface area (Å²) in [6.07, 6.45) is 5.38. The molecule has 1 aliphatic carbocycles. The lowest BCUT2D eigenvalue weighted by atomic mass is 9.84. The molecular weight excluding hydrogens is 433 g/mol. The van der Waals surface area contributed by atoms with E-state index in [0.29, 0.717) is 23.7 Å². The van der Waals surface area contributed by atoms with Crippen molar-refractivity contribution in [2.75, 3.05) is 5.32 Å². The summed E-state index contributed by atoms with van der Waals surface area (Å²) in [5.41, 5.74) is -0.599. The number of amides is 2. The van der Waals surface area contributed by atoms with Crippen LogP contribution in [-0.2, 0) is 20.8 Å². The molecule has 2 unspecified atom stereocenters. The summed E-state index contributed by atoms with van der Waals surface area (Å²) < 4.78 is 41.4. The standard InChI is InChI=1S/C25H25F3N2O3/c1-25(13-18-19(27)11-16(26)12-20(18)28)22(31)21(24(33)30-25)23(32)29-17-9-7-15(8-10-17)14-5-3-2-4-6-14/h7-12,14,21H,2-6,13H2,1H3,(H,29,32)(H,30,33). The van der Waals surface area contributed by atoms with Crippen molar-refractivity contribution in [3.8, 4) is 0 Å². The molecule has 5 nitrogen and oxygen atoms in total. The van der Waals surface area contributed by atoms with E-state index in [1.54, 1.807) is 12.1 Å². The number of anilines is 1. The summed E-state index contributed by atoms with van der Waals surface area (Å²) in [6.45, 7) is 1.29. The Morgan fingerprint density at radius 2 is 1.64 bits per heavy atom. The molecule has 2 amide bonds. The molecule has 2 aliphatic rings. The summed E-state index contributed by atoms with van der Waals surface area (Å²) >= 11 is 0. The normalized spacial score (nSPS) is 23.5. The van der Waals surface area contributed by atoms with E-state index in [-0.39, 0.29) is 0 Å². The summed E-state index contributed by atoms with van der Waals surface area (Å²) in [7, 11) is 0. The van der Waals surface area contributed by atoms with Crippen molar-refractivity contribution in [3.05, 3.63) is 65.0 Å². The average Bonchev–Trinajstić information content (AvgIpc) is 3.00. The highest BCUT2D eigenvalue weighted by atomic mass is 19.1. The van der Waals surface area contributed by atoms with Crippen LogP contribution in [0.25, 0.3) is 0 Å². The number of ketones is 1. The maximum absolute atomic E-state index is 14.1. The maximum atomic E-state index is 14.1. The first-order valence-electron chi connectivity index (χ1n) is 11.1. The van der Waals surface area contributed by atoms with Crippen LogP contribution in [-0.4, -0.2) is 23.1 Å². The Bertz CT molecular complexity index is 1070. The molecule has 1 saturated carbocycles. The van der Waals surface area contributed by atoms with Gasteiger partial charge in [0.15, 0.2) is 11.7 Å². The van der Waals surface area contributed by atoms with Crippen LogP contribution in [0.2, 0.25) is 0 Å². The van der Waals surface area contributed by atoms with E-state index < -0.39 is 58.5 Å². The quantitative estimate of drug-likeness (QED) is 0.652. The molecule has 2 fully saturated rings. The van der Waals surface area contributed by atoms with Crippen LogP contribution in [0.1, 0.15) is 56.1 Å². The van der Waals surface area contributed by atoms with Crippen molar-refractivity contribution in [1.29, 1.82) is 0 Å². The SMILES string of the molecule is CC1(Cc2c(F)cc(F)cc2F)NC(=O)C(C(=O)Nc2ccc(C3CCCCC3)cc2)C1=O. The fourth-order valence-electron chi connectivity index (χ4n) is 4.80. The van der Waals surface area contributed by atoms with E-state index in [0.717, 1.165) is 12.8 Å². The second-order valence-electron chi connectivity index (χ2n) is 9.09. The van der Waals surface area contributed by atoms with Crippen molar-refractivity contribution in [2.24, 2.45) is 5.92 Å². The number of halogens is 3. The molecule has 1 heterocycles. The second kappa shape index (κ2) is 9.00. The first-order chi connectivity index (χ1) is 15.7. The molecule has 2 atom stereocenters. The highest BCUT2D eigenvalue weighted by Crippen LogP contribution is 2.33. The van der Waals surface area contributed by atoms with Crippen LogP contribution in [0.5, 0.6) is 0 Å². The third kappa shape index (κ3) is 4.65. The molecule has 0 spiro atoms. The zero-order valence-electron chi connectivity index (χ0n) is 18.2. The van der Waals surface area contributed by atoms with Gasteiger partial charge in [0.2, 0.25) is 11.8 Å². The van der Waals surface area contributed by atoms with Gasteiger partial charge in [-0.1, -0.05) is 31.4 Å². The van der Waals surface area contributed by atoms with Crippen LogP contribution in [0, 0.1) is 23.4 Å². The number of carbonyl (C=O) groups excluding carboxylic acids is 3. The first-order valence-corrected chi connectivity index (χ1v) is 11.1. The van der Waals surface area contributed by atoms with Gasteiger partial charge in [0.05, 0.1) is 0 Å². The molecule has 33 heavy (non-hydrogen) atoms. The lowest BCUT2D eigenvalue weighted by Crippen LogP contribution is -2.46. The van der Waals surface area contributed by atoms with Gasteiger partial charge in [0.25, 0.3) is 0 Å². The maximum Gasteiger partial charge on any atom is 0.244 e. The average molecular weight is 458 g/mol. The molecule has 1 saturated heterocycles. The van der Waals surface area contributed by atoms with E-state index in [4.69, 9.17) is 0 Å². The monoisotopic (exact) mass is 458 g/mol. The van der Waals surface area contributed by atoms with Gasteiger partial charge in [-0.2, -0.15) is 0 Å².